The van der Waals surface area contributed by atoms with E-state index in [2.05, 4.69) is 0 Å². The lowest BCUT2D eigenvalue weighted by atomic mass is 9.49. The molecule has 0 amide bonds. The van der Waals surface area contributed by atoms with Crippen molar-refractivity contribution in [2.45, 2.75) is 44.0 Å². The molecule has 1 aliphatic heterocycles. The Morgan fingerprint density at radius 1 is 1.14 bits per heavy atom. The minimum absolute atomic E-state index is 0.0279. The van der Waals surface area contributed by atoms with Crippen LogP contribution in [0, 0.1) is 10.8 Å². The van der Waals surface area contributed by atoms with E-state index in [9.17, 15) is 19.8 Å². The van der Waals surface area contributed by atoms with E-state index in [-0.39, 0.29) is 25.7 Å². The predicted molar refractivity (Wildman–Crippen MR) is 68.7 cm³/mol. The number of aliphatic carboxylic acids is 2. The quantitative estimate of drug-likeness (QED) is 0.797. The molecule has 0 aromatic heterocycles. The molecule has 2 N–H and O–H groups in total. The van der Waals surface area contributed by atoms with Crippen molar-refractivity contribution >= 4 is 11.9 Å². The molecule has 4 fully saturated rings. The first-order valence-corrected chi connectivity index (χ1v) is 7.20. The highest BCUT2D eigenvalue weighted by Crippen LogP contribution is 2.64. The van der Waals surface area contributed by atoms with Crippen LogP contribution in [0.3, 0.4) is 0 Å². The van der Waals surface area contributed by atoms with Crippen LogP contribution in [0.15, 0.2) is 0 Å². The molecule has 118 valence electrons. The second-order valence-corrected chi connectivity index (χ2v) is 6.26. The Labute approximate surface area is 122 Å². The third-order valence-electron chi connectivity index (χ3n) is 5.50. The number of fused-ring (bicyclic) bond motifs is 2. The van der Waals surface area contributed by atoms with Gasteiger partial charge in [-0.15, -0.1) is 0 Å². The summed E-state index contributed by atoms with van der Waals surface area (Å²) in [5.74, 6) is -3.31. The average molecular weight is 300 g/mol. The SMILES string of the molecule is CO[C@H]1CC2(C(=O)O)CC[C@@]1(C(=O)O)CC21OCCCO1. The first-order chi connectivity index (χ1) is 9.92. The number of rotatable bonds is 3. The zero-order valence-corrected chi connectivity index (χ0v) is 12.0. The van der Waals surface area contributed by atoms with Crippen LogP contribution >= 0.6 is 0 Å². The Balaban J connectivity index is 2.09. The number of ether oxygens (including phenoxy) is 3. The van der Waals surface area contributed by atoms with Crippen LogP contribution < -0.4 is 0 Å². The molecule has 3 aliphatic carbocycles. The molecule has 0 aromatic rings. The van der Waals surface area contributed by atoms with Gasteiger partial charge in [0.1, 0.15) is 5.41 Å². The Kier molecular flexibility index (Phi) is 3.27. The standard InChI is InChI=1S/C14H20O7/c1-19-9-7-13(11(17)18)4-3-12(9,10(15)16)8-14(13)20-5-2-6-21-14/h9H,2-8H2,1H3,(H,15,16)(H,17,18)/t9-,12+,13?/m0/s1. The minimum Gasteiger partial charge on any atom is -0.481 e. The van der Waals surface area contributed by atoms with Crippen molar-refractivity contribution in [3.63, 3.8) is 0 Å². The number of hydrogen-bond donors (Lipinski definition) is 2. The van der Waals surface area contributed by atoms with Crippen LogP contribution in [0.1, 0.15) is 32.1 Å². The van der Waals surface area contributed by atoms with Gasteiger partial charge in [0.25, 0.3) is 0 Å². The van der Waals surface area contributed by atoms with Gasteiger partial charge >= 0.3 is 11.9 Å². The normalized spacial score (nSPS) is 41.1. The summed E-state index contributed by atoms with van der Waals surface area (Å²) in [5.41, 5.74) is -2.37. The van der Waals surface area contributed by atoms with Crippen LogP contribution in [0.4, 0.5) is 0 Å². The van der Waals surface area contributed by atoms with Crippen LogP contribution in [0.5, 0.6) is 0 Å². The van der Waals surface area contributed by atoms with E-state index in [1.807, 2.05) is 0 Å². The molecule has 7 heteroatoms. The van der Waals surface area contributed by atoms with Crippen LogP contribution in [0.25, 0.3) is 0 Å². The van der Waals surface area contributed by atoms with Gasteiger partial charge < -0.3 is 24.4 Å². The summed E-state index contributed by atoms with van der Waals surface area (Å²) in [6.45, 7) is 0.782. The number of carbonyl (C=O) groups is 2. The molecular formula is C14H20O7. The third kappa shape index (κ3) is 1.71. The molecule has 2 bridgehead atoms. The Hall–Kier alpha value is -1.18. The number of methoxy groups -OCH3 is 1. The molecule has 4 aliphatic rings. The summed E-state index contributed by atoms with van der Waals surface area (Å²) >= 11 is 0. The van der Waals surface area contributed by atoms with Crippen molar-refractivity contribution in [2.24, 2.45) is 10.8 Å². The molecule has 21 heavy (non-hydrogen) atoms. The fraction of sp³-hybridized carbons (Fsp3) is 0.857. The van der Waals surface area contributed by atoms with E-state index >= 15 is 0 Å². The van der Waals surface area contributed by atoms with E-state index < -0.39 is 34.7 Å². The summed E-state index contributed by atoms with van der Waals surface area (Å²) in [6, 6.07) is 0. The smallest absolute Gasteiger partial charge is 0.315 e. The summed E-state index contributed by atoms with van der Waals surface area (Å²) < 4.78 is 16.8. The molecule has 1 heterocycles. The minimum atomic E-state index is -1.34. The fourth-order valence-corrected chi connectivity index (χ4v) is 4.28. The first-order valence-electron chi connectivity index (χ1n) is 7.20. The van der Waals surface area contributed by atoms with Crippen molar-refractivity contribution in [1.29, 1.82) is 0 Å². The fourth-order valence-electron chi connectivity index (χ4n) is 4.28. The molecular weight excluding hydrogens is 280 g/mol. The molecule has 3 atom stereocenters. The van der Waals surface area contributed by atoms with Crippen molar-refractivity contribution in [2.75, 3.05) is 20.3 Å². The number of carboxylic acids is 2. The van der Waals surface area contributed by atoms with E-state index in [0.29, 0.717) is 19.6 Å². The van der Waals surface area contributed by atoms with Crippen LogP contribution in [-0.2, 0) is 23.8 Å². The van der Waals surface area contributed by atoms with E-state index in [0.717, 1.165) is 0 Å². The van der Waals surface area contributed by atoms with Gasteiger partial charge in [0.05, 0.1) is 24.7 Å². The van der Waals surface area contributed by atoms with Gasteiger partial charge in [-0.3, -0.25) is 9.59 Å². The van der Waals surface area contributed by atoms with Crippen LogP contribution in [0.2, 0.25) is 0 Å². The maximum atomic E-state index is 12.0. The maximum Gasteiger partial charge on any atom is 0.315 e. The van der Waals surface area contributed by atoms with Crippen molar-refractivity contribution in [3.8, 4) is 0 Å². The molecule has 4 rings (SSSR count). The van der Waals surface area contributed by atoms with Gasteiger partial charge in [-0.2, -0.15) is 0 Å². The molecule has 0 aromatic carbocycles. The molecule has 1 saturated heterocycles. The monoisotopic (exact) mass is 300 g/mol. The topological polar surface area (TPSA) is 102 Å². The van der Waals surface area contributed by atoms with Crippen molar-refractivity contribution in [3.05, 3.63) is 0 Å². The van der Waals surface area contributed by atoms with Gasteiger partial charge in [-0.05, 0) is 25.7 Å². The predicted octanol–water partition coefficient (Wildman–Crippen LogP) is 0.864. The van der Waals surface area contributed by atoms with Crippen molar-refractivity contribution in [1.82, 2.24) is 0 Å². The van der Waals surface area contributed by atoms with Gasteiger partial charge in [0, 0.05) is 13.5 Å². The molecule has 0 radical (unpaired) electrons. The Morgan fingerprint density at radius 3 is 2.33 bits per heavy atom. The molecule has 1 spiro atoms. The summed E-state index contributed by atoms with van der Waals surface area (Å²) in [7, 11) is 1.43. The maximum absolute atomic E-state index is 12.0. The van der Waals surface area contributed by atoms with E-state index in [1.54, 1.807) is 0 Å². The summed E-state index contributed by atoms with van der Waals surface area (Å²) in [5, 5.41) is 19.5. The molecule has 1 unspecified atom stereocenters. The van der Waals surface area contributed by atoms with E-state index in [4.69, 9.17) is 14.2 Å². The summed E-state index contributed by atoms with van der Waals surface area (Å²) in [6.07, 6.45) is 0.673. The third-order valence-corrected chi connectivity index (χ3v) is 5.50. The largest absolute Gasteiger partial charge is 0.481 e. The van der Waals surface area contributed by atoms with E-state index in [1.165, 1.54) is 7.11 Å². The van der Waals surface area contributed by atoms with Crippen molar-refractivity contribution < 1.29 is 34.0 Å². The highest BCUT2D eigenvalue weighted by atomic mass is 16.7. The highest BCUT2D eigenvalue weighted by Gasteiger charge is 2.74. The molecule has 3 saturated carbocycles. The Morgan fingerprint density at radius 2 is 1.81 bits per heavy atom. The molecule has 7 nitrogen and oxygen atoms in total. The lowest BCUT2D eigenvalue weighted by Crippen LogP contribution is -2.72. The lowest BCUT2D eigenvalue weighted by molar-refractivity contribution is -0.371. The zero-order valence-electron chi connectivity index (χ0n) is 12.0. The second-order valence-electron chi connectivity index (χ2n) is 6.26. The number of hydrogen-bond acceptors (Lipinski definition) is 5. The van der Waals surface area contributed by atoms with Crippen LogP contribution in [-0.4, -0.2) is 54.4 Å². The lowest BCUT2D eigenvalue weighted by Gasteiger charge is -2.62. The first kappa shape index (κ1) is 14.7. The average Bonchev–Trinajstić information content (AvgIpc) is 2.48. The summed E-state index contributed by atoms with van der Waals surface area (Å²) in [4.78, 5) is 23.8. The van der Waals surface area contributed by atoms with Gasteiger partial charge in [0.15, 0.2) is 5.79 Å². The van der Waals surface area contributed by atoms with Gasteiger partial charge in [-0.1, -0.05) is 0 Å². The zero-order chi connectivity index (χ0) is 15.3. The Bertz CT molecular complexity index is 470. The van der Waals surface area contributed by atoms with Gasteiger partial charge in [-0.25, -0.2) is 0 Å². The highest BCUT2D eigenvalue weighted by molar-refractivity contribution is 5.82. The second kappa shape index (κ2) is 4.66. The van der Waals surface area contributed by atoms with Gasteiger partial charge in [0.2, 0.25) is 0 Å². The number of carboxylic acid groups (broad SMARTS) is 2.